The highest BCUT2D eigenvalue weighted by Gasteiger charge is 2.42. The van der Waals surface area contributed by atoms with E-state index in [9.17, 15) is 25.2 Å². The Kier molecular flexibility index (Phi) is 3.00. The molecule has 0 spiro atoms. The first-order chi connectivity index (χ1) is 11.5. The fourth-order valence-corrected chi connectivity index (χ4v) is 3.08. The number of aromatic hydroxyl groups is 4. The Morgan fingerprint density at radius 2 is 1.58 bits per heavy atom. The molecule has 4 N–H and O–H groups in total. The largest absolute Gasteiger partial charge is 0.494 e. The van der Waals surface area contributed by atoms with Crippen LogP contribution in [0.25, 0.3) is 0 Å². The number of ether oxygens (including phenoxy) is 2. The zero-order chi connectivity index (χ0) is 17.0. The van der Waals surface area contributed by atoms with Gasteiger partial charge in [-0.15, -0.1) is 0 Å². The highest BCUT2D eigenvalue weighted by atomic mass is 16.6. The summed E-state index contributed by atoms with van der Waals surface area (Å²) in [5.74, 6) is -1.19. The van der Waals surface area contributed by atoms with E-state index in [2.05, 4.69) is 0 Å². The van der Waals surface area contributed by atoms with Gasteiger partial charge in [-0.2, -0.15) is 4.57 Å². The molecule has 0 amide bonds. The van der Waals surface area contributed by atoms with Gasteiger partial charge in [0.2, 0.25) is 23.5 Å². The average Bonchev–Trinajstić information content (AvgIpc) is 3.28. The van der Waals surface area contributed by atoms with Gasteiger partial charge in [0.25, 0.3) is 0 Å². The SMILES string of the molecule is O=C(OCCn1c(O)c2c(c1O)C1C=CC2O1)n1c(O)ccc1O. The molecule has 2 bridgehead atoms. The van der Waals surface area contributed by atoms with Gasteiger partial charge in [-0.3, -0.25) is 4.57 Å². The molecular formula is C15H14N2O7. The summed E-state index contributed by atoms with van der Waals surface area (Å²) in [7, 11) is 0. The van der Waals surface area contributed by atoms with Gasteiger partial charge in [0.15, 0.2) is 0 Å². The lowest BCUT2D eigenvalue weighted by Gasteiger charge is -2.11. The summed E-state index contributed by atoms with van der Waals surface area (Å²) in [6, 6.07) is 2.29. The second-order valence-corrected chi connectivity index (χ2v) is 5.49. The van der Waals surface area contributed by atoms with Crippen LogP contribution in [0.2, 0.25) is 0 Å². The molecule has 0 radical (unpaired) electrons. The van der Waals surface area contributed by atoms with E-state index < -0.39 is 17.9 Å². The number of hydrogen-bond acceptors (Lipinski definition) is 7. The molecule has 9 nitrogen and oxygen atoms in total. The van der Waals surface area contributed by atoms with Crippen LogP contribution in [0.1, 0.15) is 23.3 Å². The highest BCUT2D eigenvalue weighted by molar-refractivity contribution is 5.74. The van der Waals surface area contributed by atoms with Crippen LogP contribution in [0.4, 0.5) is 4.79 Å². The third-order valence-corrected chi connectivity index (χ3v) is 4.17. The lowest BCUT2D eigenvalue weighted by Crippen LogP contribution is -2.16. The molecule has 0 fully saturated rings. The Hall–Kier alpha value is -3.07. The van der Waals surface area contributed by atoms with Crippen molar-refractivity contribution in [3.05, 3.63) is 35.4 Å². The molecule has 4 rings (SSSR count). The predicted octanol–water partition coefficient (Wildman–Crippen LogP) is 1.48. The predicted molar refractivity (Wildman–Crippen MR) is 78.0 cm³/mol. The number of fused-ring (bicyclic) bond motifs is 5. The van der Waals surface area contributed by atoms with Crippen LogP contribution in [0.15, 0.2) is 24.3 Å². The summed E-state index contributed by atoms with van der Waals surface area (Å²) in [4.78, 5) is 11.8. The van der Waals surface area contributed by atoms with Crippen molar-refractivity contribution < 1.29 is 34.7 Å². The number of aromatic nitrogens is 2. The molecule has 0 saturated carbocycles. The van der Waals surface area contributed by atoms with Crippen LogP contribution in [-0.2, 0) is 16.0 Å². The summed E-state index contributed by atoms with van der Waals surface area (Å²) in [6.07, 6.45) is 1.86. The van der Waals surface area contributed by atoms with E-state index >= 15 is 0 Å². The van der Waals surface area contributed by atoms with Crippen molar-refractivity contribution in [3.63, 3.8) is 0 Å². The quantitative estimate of drug-likeness (QED) is 0.626. The van der Waals surface area contributed by atoms with Gasteiger partial charge in [-0.05, 0) is 0 Å². The van der Waals surface area contributed by atoms with E-state index in [1.807, 2.05) is 0 Å². The number of carbonyl (C=O) groups is 1. The molecule has 2 aromatic heterocycles. The van der Waals surface area contributed by atoms with Crippen LogP contribution < -0.4 is 0 Å². The molecule has 24 heavy (non-hydrogen) atoms. The topological polar surface area (TPSA) is 126 Å². The molecule has 4 heterocycles. The Labute approximate surface area is 135 Å². The van der Waals surface area contributed by atoms with Crippen molar-refractivity contribution in [2.45, 2.75) is 18.8 Å². The summed E-state index contributed by atoms with van der Waals surface area (Å²) in [5.41, 5.74) is 1.04. The normalized spacial score (nSPS) is 20.5. The van der Waals surface area contributed by atoms with E-state index in [4.69, 9.17) is 9.47 Å². The van der Waals surface area contributed by atoms with Crippen molar-refractivity contribution in [2.24, 2.45) is 0 Å². The van der Waals surface area contributed by atoms with Gasteiger partial charge in [0, 0.05) is 12.1 Å². The lowest BCUT2D eigenvalue weighted by molar-refractivity contribution is 0.0830. The van der Waals surface area contributed by atoms with E-state index in [1.165, 1.54) is 4.57 Å². The zero-order valence-corrected chi connectivity index (χ0v) is 12.3. The molecule has 9 heteroatoms. The zero-order valence-electron chi connectivity index (χ0n) is 12.3. The molecule has 0 aromatic carbocycles. The van der Waals surface area contributed by atoms with Crippen molar-refractivity contribution in [1.29, 1.82) is 0 Å². The molecule has 2 aliphatic rings. The number of nitrogens with zero attached hydrogens (tertiary/aromatic N) is 2. The van der Waals surface area contributed by atoms with Crippen molar-refractivity contribution >= 4 is 6.09 Å². The second kappa shape index (κ2) is 4.96. The van der Waals surface area contributed by atoms with Gasteiger partial charge in [0.05, 0.1) is 17.7 Å². The molecule has 2 atom stereocenters. The lowest BCUT2D eigenvalue weighted by atomic mass is 10.0. The Balaban J connectivity index is 1.47. The molecule has 2 aliphatic heterocycles. The number of rotatable bonds is 3. The van der Waals surface area contributed by atoms with E-state index in [1.54, 1.807) is 12.2 Å². The maximum atomic E-state index is 11.8. The van der Waals surface area contributed by atoms with E-state index in [0.717, 1.165) is 12.1 Å². The second-order valence-electron chi connectivity index (χ2n) is 5.49. The fraction of sp³-hybridized carbons (Fsp3) is 0.267. The van der Waals surface area contributed by atoms with Gasteiger partial charge >= 0.3 is 6.09 Å². The summed E-state index contributed by atoms with van der Waals surface area (Å²) >= 11 is 0. The summed E-state index contributed by atoms with van der Waals surface area (Å²) in [6.45, 7) is -0.188. The summed E-state index contributed by atoms with van der Waals surface area (Å²) < 4.78 is 12.3. The van der Waals surface area contributed by atoms with Crippen LogP contribution >= 0.6 is 0 Å². The summed E-state index contributed by atoms with van der Waals surface area (Å²) in [5, 5.41) is 39.4. The third kappa shape index (κ3) is 1.88. The van der Waals surface area contributed by atoms with Crippen molar-refractivity contribution in [3.8, 4) is 23.5 Å². The third-order valence-electron chi connectivity index (χ3n) is 4.17. The number of hydrogen-bond donors (Lipinski definition) is 4. The van der Waals surface area contributed by atoms with Crippen LogP contribution in [0, 0.1) is 0 Å². The molecule has 126 valence electrons. The van der Waals surface area contributed by atoms with Crippen LogP contribution in [0.5, 0.6) is 23.5 Å². The van der Waals surface area contributed by atoms with Crippen molar-refractivity contribution in [1.82, 2.24) is 9.13 Å². The molecule has 0 saturated heterocycles. The Bertz CT molecular complexity index is 809. The minimum absolute atomic E-state index is 0.00135. The maximum absolute atomic E-state index is 11.8. The van der Waals surface area contributed by atoms with Gasteiger partial charge < -0.3 is 29.9 Å². The average molecular weight is 334 g/mol. The standard InChI is InChI=1S/C15H14N2O7/c18-9-3-4-10(19)17(9)15(22)23-6-5-16-13(20)11-7-1-2-8(24-7)12(11)14(16)21/h1-4,7-8,18-21H,5-6H2. The molecule has 0 aliphatic carbocycles. The fourth-order valence-electron chi connectivity index (χ4n) is 3.08. The van der Waals surface area contributed by atoms with Gasteiger partial charge in [-0.1, -0.05) is 12.2 Å². The first-order valence-electron chi connectivity index (χ1n) is 7.24. The maximum Gasteiger partial charge on any atom is 0.423 e. The number of carbonyl (C=O) groups excluding carboxylic acids is 1. The van der Waals surface area contributed by atoms with Crippen LogP contribution in [0.3, 0.4) is 0 Å². The van der Waals surface area contributed by atoms with Gasteiger partial charge in [-0.25, -0.2) is 4.79 Å². The minimum Gasteiger partial charge on any atom is -0.494 e. The molecule has 2 aromatic rings. The van der Waals surface area contributed by atoms with Gasteiger partial charge in [0.1, 0.15) is 18.8 Å². The van der Waals surface area contributed by atoms with E-state index in [-0.39, 0.29) is 37.1 Å². The van der Waals surface area contributed by atoms with E-state index in [0.29, 0.717) is 15.7 Å². The minimum atomic E-state index is -0.973. The van der Waals surface area contributed by atoms with Crippen molar-refractivity contribution in [2.75, 3.05) is 6.61 Å². The van der Waals surface area contributed by atoms with Crippen LogP contribution in [-0.4, -0.2) is 42.3 Å². The smallest absolute Gasteiger partial charge is 0.423 e. The Morgan fingerprint density at radius 3 is 2.12 bits per heavy atom. The first kappa shape index (κ1) is 14.5. The molecular weight excluding hydrogens is 320 g/mol. The molecule has 2 unspecified atom stereocenters. The Morgan fingerprint density at radius 1 is 1.04 bits per heavy atom. The first-order valence-corrected chi connectivity index (χ1v) is 7.24. The highest BCUT2D eigenvalue weighted by Crippen LogP contribution is 2.54. The monoisotopic (exact) mass is 334 g/mol.